The molecule has 3 N–H and O–H groups in total. The first kappa shape index (κ1) is 14.1. The van der Waals surface area contributed by atoms with Crippen LogP contribution >= 0.6 is 0 Å². The van der Waals surface area contributed by atoms with Crippen molar-refractivity contribution in [1.29, 1.82) is 0 Å². The summed E-state index contributed by atoms with van der Waals surface area (Å²) in [6.07, 6.45) is 0.496. The molecule has 0 spiro atoms. The van der Waals surface area contributed by atoms with Crippen molar-refractivity contribution < 1.29 is 4.79 Å². The molecule has 0 fully saturated rings. The molecule has 0 aliphatic heterocycles. The maximum atomic E-state index is 12.0. The standard InChI is InChI=1S/C15H18N4O/c1-10-8-14(18-11(2)17-10)19-15(20)13(16)9-12-6-4-3-5-7-12/h3-8,13H,9,16H2,1-2H3,(H,17,18,19,20)/t13-/m0/s1. The van der Waals surface area contributed by atoms with Crippen molar-refractivity contribution in [3.63, 3.8) is 0 Å². The van der Waals surface area contributed by atoms with Crippen molar-refractivity contribution in [3.05, 3.63) is 53.5 Å². The topological polar surface area (TPSA) is 80.9 Å². The van der Waals surface area contributed by atoms with Gasteiger partial charge in [0.1, 0.15) is 11.6 Å². The Morgan fingerprint density at radius 1 is 1.25 bits per heavy atom. The molecule has 1 heterocycles. The Morgan fingerprint density at radius 3 is 2.60 bits per heavy atom. The molecule has 0 aliphatic rings. The van der Waals surface area contributed by atoms with E-state index in [2.05, 4.69) is 15.3 Å². The Bertz CT molecular complexity index is 578. The summed E-state index contributed by atoms with van der Waals surface area (Å²) in [5.74, 6) is 0.867. The lowest BCUT2D eigenvalue weighted by atomic mass is 10.1. The maximum Gasteiger partial charge on any atom is 0.242 e. The molecule has 1 aromatic heterocycles. The molecule has 0 unspecified atom stereocenters. The number of nitrogens with one attached hydrogen (secondary N) is 1. The fraction of sp³-hybridized carbons (Fsp3) is 0.267. The molecule has 0 radical (unpaired) electrons. The second kappa shape index (κ2) is 6.25. The quantitative estimate of drug-likeness (QED) is 0.884. The van der Waals surface area contributed by atoms with Gasteiger partial charge in [-0.25, -0.2) is 9.97 Å². The van der Waals surface area contributed by atoms with Crippen LogP contribution < -0.4 is 11.1 Å². The molecule has 1 aromatic carbocycles. The lowest BCUT2D eigenvalue weighted by molar-refractivity contribution is -0.117. The number of nitrogens with zero attached hydrogens (tertiary/aromatic N) is 2. The summed E-state index contributed by atoms with van der Waals surface area (Å²) in [5, 5.41) is 2.73. The van der Waals surface area contributed by atoms with E-state index in [4.69, 9.17) is 5.73 Å². The third-order valence-electron chi connectivity index (χ3n) is 2.85. The predicted molar refractivity (Wildman–Crippen MR) is 78.3 cm³/mol. The molecule has 20 heavy (non-hydrogen) atoms. The number of rotatable bonds is 4. The zero-order chi connectivity index (χ0) is 14.5. The molecule has 0 saturated heterocycles. The molecule has 5 nitrogen and oxygen atoms in total. The minimum Gasteiger partial charge on any atom is -0.320 e. The smallest absolute Gasteiger partial charge is 0.242 e. The fourth-order valence-corrected chi connectivity index (χ4v) is 1.96. The number of anilines is 1. The van der Waals surface area contributed by atoms with Crippen LogP contribution in [0.1, 0.15) is 17.1 Å². The molecule has 1 atom stereocenters. The summed E-state index contributed by atoms with van der Waals surface area (Å²) in [4.78, 5) is 20.4. The number of nitrogens with two attached hydrogens (primary N) is 1. The van der Waals surface area contributed by atoms with E-state index in [9.17, 15) is 4.79 Å². The van der Waals surface area contributed by atoms with Gasteiger partial charge in [0, 0.05) is 11.8 Å². The van der Waals surface area contributed by atoms with Gasteiger partial charge in [0.25, 0.3) is 0 Å². The molecule has 104 valence electrons. The van der Waals surface area contributed by atoms with Gasteiger partial charge >= 0.3 is 0 Å². The van der Waals surface area contributed by atoms with Gasteiger partial charge in [-0.1, -0.05) is 30.3 Å². The Labute approximate surface area is 118 Å². The van der Waals surface area contributed by atoms with E-state index >= 15 is 0 Å². The van der Waals surface area contributed by atoms with E-state index in [0.717, 1.165) is 11.3 Å². The van der Waals surface area contributed by atoms with Gasteiger partial charge in [-0.05, 0) is 25.8 Å². The van der Waals surface area contributed by atoms with Crippen molar-refractivity contribution in [2.45, 2.75) is 26.3 Å². The Hall–Kier alpha value is -2.27. The van der Waals surface area contributed by atoms with Gasteiger partial charge < -0.3 is 11.1 Å². The molecule has 0 aliphatic carbocycles. The Kier molecular flexibility index (Phi) is 4.42. The number of aromatic nitrogens is 2. The van der Waals surface area contributed by atoms with Crippen LogP contribution in [0, 0.1) is 13.8 Å². The van der Waals surface area contributed by atoms with Crippen LogP contribution in [-0.2, 0) is 11.2 Å². The van der Waals surface area contributed by atoms with Gasteiger partial charge in [-0.15, -0.1) is 0 Å². The molecule has 2 aromatic rings. The number of hydrogen-bond acceptors (Lipinski definition) is 4. The first-order valence-electron chi connectivity index (χ1n) is 6.47. The van der Waals surface area contributed by atoms with E-state index in [1.54, 1.807) is 13.0 Å². The normalized spacial score (nSPS) is 11.9. The maximum absolute atomic E-state index is 12.0. The number of amides is 1. The predicted octanol–water partition coefficient (Wildman–Crippen LogP) is 1.60. The van der Waals surface area contributed by atoms with Crippen LogP contribution in [0.25, 0.3) is 0 Å². The van der Waals surface area contributed by atoms with Crippen molar-refractivity contribution in [3.8, 4) is 0 Å². The van der Waals surface area contributed by atoms with E-state index in [0.29, 0.717) is 18.1 Å². The summed E-state index contributed by atoms with van der Waals surface area (Å²) >= 11 is 0. The van der Waals surface area contributed by atoms with Gasteiger partial charge in [-0.3, -0.25) is 4.79 Å². The number of carbonyl (C=O) groups is 1. The minimum atomic E-state index is -0.604. The highest BCUT2D eigenvalue weighted by Crippen LogP contribution is 2.07. The van der Waals surface area contributed by atoms with Crippen molar-refractivity contribution in [1.82, 2.24) is 9.97 Å². The monoisotopic (exact) mass is 270 g/mol. The SMILES string of the molecule is Cc1cc(NC(=O)[C@@H](N)Cc2ccccc2)nc(C)n1. The molecular formula is C15H18N4O. The first-order valence-corrected chi connectivity index (χ1v) is 6.47. The van der Waals surface area contributed by atoms with Gasteiger partial charge in [0.2, 0.25) is 5.91 Å². The van der Waals surface area contributed by atoms with Crippen LogP contribution in [0.4, 0.5) is 5.82 Å². The van der Waals surface area contributed by atoms with Gasteiger partial charge in [0.05, 0.1) is 6.04 Å². The highest BCUT2D eigenvalue weighted by Gasteiger charge is 2.15. The second-order valence-corrected chi connectivity index (χ2v) is 4.73. The van der Waals surface area contributed by atoms with Crippen LogP contribution in [0.5, 0.6) is 0 Å². The zero-order valence-electron chi connectivity index (χ0n) is 11.6. The summed E-state index contributed by atoms with van der Waals surface area (Å²) in [5.41, 5.74) is 7.76. The van der Waals surface area contributed by atoms with Gasteiger partial charge in [0.15, 0.2) is 0 Å². The second-order valence-electron chi connectivity index (χ2n) is 4.73. The molecule has 1 amide bonds. The number of benzene rings is 1. The summed E-state index contributed by atoms with van der Waals surface area (Å²) in [6, 6.07) is 10.8. The molecule has 0 saturated carbocycles. The Balaban J connectivity index is 2.00. The third kappa shape index (κ3) is 3.86. The van der Waals surface area contributed by atoms with Crippen molar-refractivity contribution in [2.75, 3.05) is 5.32 Å². The zero-order valence-corrected chi connectivity index (χ0v) is 11.6. The van der Waals surface area contributed by atoms with E-state index in [1.165, 1.54) is 0 Å². The first-order chi connectivity index (χ1) is 9.54. The average Bonchev–Trinajstić information content (AvgIpc) is 2.38. The van der Waals surface area contributed by atoms with Crippen molar-refractivity contribution in [2.24, 2.45) is 5.73 Å². The summed E-state index contributed by atoms with van der Waals surface area (Å²) in [6.45, 7) is 3.64. The molecule has 2 rings (SSSR count). The summed E-state index contributed by atoms with van der Waals surface area (Å²) < 4.78 is 0. The van der Waals surface area contributed by atoms with Crippen LogP contribution in [0.3, 0.4) is 0 Å². The average molecular weight is 270 g/mol. The number of aryl methyl sites for hydroxylation is 2. The molecule has 0 bridgehead atoms. The lowest BCUT2D eigenvalue weighted by Gasteiger charge is -2.12. The largest absolute Gasteiger partial charge is 0.320 e. The summed E-state index contributed by atoms with van der Waals surface area (Å²) in [7, 11) is 0. The van der Waals surface area contributed by atoms with Gasteiger partial charge in [-0.2, -0.15) is 0 Å². The van der Waals surface area contributed by atoms with Crippen molar-refractivity contribution >= 4 is 11.7 Å². The third-order valence-corrected chi connectivity index (χ3v) is 2.85. The molecular weight excluding hydrogens is 252 g/mol. The highest BCUT2D eigenvalue weighted by molar-refractivity contribution is 5.94. The Morgan fingerprint density at radius 2 is 1.95 bits per heavy atom. The number of carbonyl (C=O) groups excluding carboxylic acids is 1. The lowest BCUT2D eigenvalue weighted by Crippen LogP contribution is -2.37. The molecule has 5 heteroatoms. The van der Waals surface area contributed by atoms with E-state index in [1.807, 2.05) is 37.3 Å². The van der Waals surface area contributed by atoms with E-state index < -0.39 is 6.04 Å². The minimum absolute atomic E-state index is 0.244. The van der Waals surface area contributed by atoms with E-state index in [-0.39, 0.29) is 5.91 Å². The van der Waals surface area contributed by atoms with Crippen LogP contribution in [0.2, 0.25) is 0 Å². The fourth-order valence-electron chi connectivity index (χ4n) is 1.96. The number of hydrogen-bond donors (Lipinski definition) is 2. The van der Waals surface area contributed by atoms with Crippen LogP contribution in [-0.4, -0.2) is 21.9 Å². The highest BCUT2D eigenvalue weighted by atomic mass is 16.2. The van der Waals surface area contributed by atoms with Crippen LogP contribution in [0.15, 0.2) is 36.4 Å².